The van der Waals surface area contributed by atoms with Crippen LogP contribution in [0.15, 0.2) is 0 Å². The number of aromatic nitrogens is 1. The van der Waals surface area contributed by atoms with Crippen molar-refractivity contribution in [2.75, 3.05) is 25.2 Å². The zero-order valence-corrected chi connectivity index (χ0v) is 14.9. The van der Waals surface area contributed by atoms with Crippen LogP contribution >= 0.6 is 34.9 Å². The molecule has 1 N–H and O–H groups in total. The van der Waals surface area contributed by atoms with Crippen LogP contribution < -0.4 is 5.32 Å². The quantitative estimate of drug-likeness (QED) is 0.770. The lowest BCUT2D eigenvalue weighted by atomic mass is 10.3. The van der Waals surface area contributed by atoms with E-state index in [9.17, 15) is 0 Å². The van der Waals surface area contributed by atoms with E-state index in [0.29, 0.717) is 17.1 Å². The smallest absolute Gasteiger partial charge is 0.107 e. The maximum atomic E-state index is 5.31. The first-order chi connectivity index (χ1) is 9.76. The molecule has 114 valence electrons. The Morgan fingerprint density at radius 1 is 1.35 bits per heavy atom. The summed E-state index contributed by atoms with van der Waals surface area (Å²) in [4.78, 5) is 6.22. The molecule has 2 atom stereocenters. The van der Waals surface area contributed by atoms with E-state index in [2.05, 4.69) is 42.7 Å². The van der Waals surface area contributed by atoms with Crippen LogP contribution in [0.5, 0.6) is 0 Å². The number of thiazole rings is 1. The van der Waals surface area contributed by atoms with Crippen LogP contribution in [-0.2, 0) is 17.9 Å². The van der Waals surface area contributed by atoms with Gasteiger partial charge in [-0.25, -0.2) is 4.98 Å². The predicted molar refractivity (Wildman–Crippen MR) is 91.9 cm³/mol. The molecule has 0 aliphatic carbocycles. The summed E-state index contributed by atoms with van der Waals surface area (Å²) in [6.07, 6.45) is 1.16. The third-order valence-corrected chi connectivity index (χ3v) is 7.65. The first-order valence-corrected chi connectivity index (χ1v) is 10.1. The van der Waals surface area contributed by atoms with E-state index in [1.807, 2.05) is 11.3 Å². The van der Waals surface area contributed by atoms with Gasteiger partial charge in [0.1, 0.15) is 5.01 Å². The maximum absolute atomic E-state index is 5.31. The summed E-state index contributed by atoms with van der Waals surface area (Å²) in [5.41, 5.74) is 1.12. The lowest BCUT2D eigenvalue weighted by Gasteiger charge is -2.25. The fourth-order valence-electron chi connectivity index (χ4n) is 2.20. The highest BCUT2D eigenvalue weighted by Crippen LogP contribution is 2.44. The summed E-state index contributed by atoms with van der Waals surface area (Å²) in [6.45, 7) is 7.12. The molecule has 3 nitrogen and oxygen atoms in total. The fourth-order valence-corrected chi connectivity index (χ4v) is 6.39. The predicted octanol–water partition coefficient (Wildman–Crippen LogP) is 3.70. The van der Waals surface area contributed by atoms with Gasteiger partial charge in [-0.1, -0.05) is 13.8 Å². The Balaban J connectivity index is 2.10. The minimum absolute atomic E-state index is 0.550. The van der Waals surface area contributed by atoms with E-state index in [-0.39, 0.29) is 0 Å². The number of nitrogens with one attached hydrogen (secondary N) is 1. The molecule has 1 aromatic rings. The van der Waals surface area contributed by atoms with E-state index in [4.69, 9.17) is 9.72 Å². The van der Waals surface area contributed by atoms with Gasteiger partial charge in [0.15, 0.2) is 0 Å². The molecular weight excluding hydrogens is 308 g/mol. The molecule has 1 fully saturated rings. The number of hydrogen-bond donors (Lipinski definition) is 1. The Kier molecular flexibility index (Phi) is 7.17. The van der Waals surface area contributed by atoms with E-state index >= 15 is 0 Å². The highest BCUT2D eigenvalue weighted by Gasteiger charge is 2.28. The van der Waals surface area contributed by atoms with Crippen LogP contribution in [-0.4, -0.2) is 35.4 Å². The Morgan fingerprint density at radius 3 is 2.85 bits per heavy atom. The zero-order valence-electron chi connectivity index (χ0n) is 12.5. The van der Waals surface area contributed by atoms with E-state index < -0.39 is 0 Å². The second-order valence-corrected chi connectivity index (χ2v) is 8.75. The highest BCUT2D eigenvalue weighted by atomic mass is 32.2. The van der Waals surface area contributed by atoms with Gasteiger partial charge in [-0.3, -0.25) is 0 Å². The third-order valence-electron chi connectivity index (χ3n) is 3.22. The van der Waals surface area contributed by atoms with Gasteiger partial charge in [0, 0.05) is 35.3 Å². The average Bonchev–Trinajstić information content (AvgIpc) is 2.83. The lowest BCUT2D eigenvalue weighted by molar-refractivity contribution is 0.181. The molecule has 1 aromatic heterocycles. The molecule has 6 heteroatoms. The molecular formula is C14H24N2OS3. The number of hydrogen-bond acceptors (Lipinski definition) is 6. The van der Waals surface area contributed by atoms with Crippen molar-refractivity contribution in [3.8, 4) is 0 Å². The molecule has 0 radical (unpaired) electrons. The van der Waals surface area contributed by atoms with Crippen LogP contribution in [0.2, 0.25) is 0 Å². The van der Waals surface area contributed by atoms with Gasteiger partial charge in [-0.2, -0.15) is 11.8 Å². The van der Waals surface area contributed by atoms with Crippen LogP contribution in [0, 0.1) is 0 Å². The van der Waals surface area contributed by atoms with Crippen molar-refractivity contribution in [1.29, 1.82) is 0 Å². The van der Waals surface area contributed by atoms with E-state index in [0.717, 1.165) is 25.2 Å². The minimum atomic E-state index is 0.550. The van der Waals surface area contributed by atoms with Crippen LogP contribution in [0.4, 0.5) is 0 Å². The van der Waals surface area contributed by atoms with Gasteiger partial charge >= 0.3 is 0 Å². The first kappa shape index (κ1) is 16.6. The number of ether oxygens (including phenoxy) is 1. The Hall–Kier alpha value is 0.250. The fraction of sp³-hybridized carbons (Fsp3) is 0.786. The molecule has 20 heavy (non-hydrogen) atoms. The highest BCUT2D eigenvalue weighted by molar-refractivity contribution is 8.06. The molecule has 0 amide bonds. The monoisotopic (exact) mass is 332 g/mol. The van der Waals surface area contributed by atoms with Gasteiger partial charge in [-0.15, -0.1) is 23.1 Å². The molecule has 0 bridgehead atoms. The molecule has 0 saturated carbocycles. The van der Waals surface area contributed by atoms with Crippen molar-refractivity contribution >= 4 is 34.9 Å². The summed E-state index contributed by atoms with van der Waals surface area (Å²) >= 11 is 6.00. The average molecular weight is 333 g/mol. The maximum Gasteiger partial charge on any atom is 0.107 e. The van der Waals surface area contributed by atoms with Gasteiger partial charge in [0.25, 0.3) is 0 Å². The number of nitrogens with zero attached hydrogens (tertiary/aromatic N) is 1. The molecule has 2 heterocycles. The lowest BCUT2D eigenvalue weighted by Crippen LogP contribution is -2.15. The van der Waals surface area contributed by atoms with Gasteiger partial charge in [0.05, 0.1) is 17.6 Å². The number of thioether (sulfide) groups is 2. The molecule has 2 unspecified atom stereocenters. The van der Waals surface area contributed by atoms with Crippen LogP contribution in [0.3, 0.4) is 0 Å². The van der Waals surface area contributed by atoms with Crippen LogP contribution in [0.25, 0.3) is 0 Å². The summed E-state index contributed by atoms with van der Waals surface area (Å²) in [5.74, 6) is 2.51. The minimum Gasteiger partial charge on any atom is -0.378 e. The molecule has 1 aliphatic heterocycles. The summed E-state index contributed by atoms with van der Waals surface area (Å²) < 4.78 is 5.31. The number of methoxy groups -OCH3 is 1. The SMILES string of the molecule is CCCNCc1sc(C2SCCSC2C)nc1COC. The van der Waals surface area contributed by atoms with E-state index in [1.54, 1.807) is 7.11 Å². The summed E-state index contributed by atoms with van der Waals surface area (Å²) in [7, 11) is 1.75. The molecule has 1 aliphatic rings. The Labute approximate surface area is 134 Å². The zero-order chi connectivity index (χ0) is 14.4. The normalized spacial score (nSPS) is 23.1. The molecule has 0 spiro atoms. The largest absolute Gasteiger partial charge is 0.378 e. The van der Waals surface area contributed by atoms with Crippen molar-refractivity contribution in [3.05, 3.63) is 15.6 Å². The van der Waals surface area contributed by atoms with Crippen molar-refractivity contribution in [2.45, 2.75) is 43.9 Å². The van der Waals surface area contributed by atoms with Gasteiger partial charge in [0.2, 0.25) is 0 Å². The molecule has 0 aromatic carbocycles. The standard InChI is InChI=1S/C14H24N2OS3/c1-4-5-15-8-12-11(9-17-3)16-14(20-12)13-10(2)18-6-7-19-13/h10,13,15H,4-9H2,1-3H3. The molecule has 1 saturated heterocycles. The van der Waals surface area contributed by atoms with Gasteiger partial charge in [-0.05, 0) is 13.0 Å². The Bertz CT molecular complexity index is 411. The van der Waals surface area contributed by atoms with Crippen LogP contribution in [0.1, 0.15) is 41.1 Å². The second kappa shape index (κ2) is 8.63. The first-order valence-electron chi connectivity index (χ1n) is 7.17. The van der Waals surface area contributed by atoms with Crippen molar-refractivity contribution in [3.63, 3.8) is 0 Å². The summed E-state index contributed by atoms with van der Waals surface area (Å²) in [5, 5.41) is 5.98. The van der Waals surface area contributed by atoms with Gasteiger partial charge < -0.3 is 10.1 Å². The third kappa shape index (κ3) is 4.37. The second-order valence-electron chi connectivity index (χ2n) is 4.90. The van der Waals surface area contributed by atoms with Crippen molar-refractivity contribution in [1.82, 2.24) is 10.3 Å². The Morgan fingerprint density at radius 2 is 2.15 bits per heavy atom. The van der Waals surface area contributed by atoms with E-state index in [1.165, 1.54) is 21.4 Å². The molecule has 2 rings (SSSR count). The summed E-state index contributed by atoms with van der Waals surface area (Å²) in [6, 6.07) is 0. The van der Waals surface area contributed by atoms with Crippen molar-refractivity contribution < 1.29 is 4.74 Å². The van der Waals surface area contributed by atoms with Crippen molar-refractivity contribution in [2.24, 2.45) is 0 Å². The topological polar surface area (TPSA) is 34.2 Å². The number of rotatable bonds is 7.